The molecule has 3 nitrogen and oxygen atoms in total. The highest BCUT2D eigenvalue weighted by atomic mass is 14.3. The maximum absolute atomic E-state index is 8.14. The normalized spacial score (nSPS) is 6.44. The van der Waals surface area contributed by atoms with Crippen molar-refractivity contribution in [2.24, 2.45) is 0 Å². The van der Waals surface area contributed by atoms with Crippen LogP contribution in [0.2, 0.25) is 0 Å². The molecule has 0 heterocycles. The van der Waals surface area contributed by atoms with E-state index >= 15 is 0 Å². The summed E-state index contributed by atoms with van der Waals surface area (Å²) >= 11 is 0. The van der Waals surface area contributed by atoms with Crippen LogP contribution in [-0.4, -0.2) is 6.21 Å². The highest BCUT2D eigenvalue weighted by Gasteiger charge is 1.86. The van der Waals surface area contributed by atoms with Crippen LogP contribution >= 0.6 is 0 Å². The first-order valence-electron chi connectivity index (χ1n) is 2.34. The molecule has 9 heavy (non-hydrogen) atoms. The Labute approximate surface area is 53.3 Å². The summed E-state index contributed by atoms with van der Waals surface area (Å²) in [7, 11) is 0. The van der Waals surface area contributed by atoms with Gasteiger partial charge in [0.25, 0.3) is 0 Å². The Kier molecular flexibility index (Phi) is 3.73. The van der Waals surface area contributed by atoms with Gasteiger partial charge in [-0.15, -0.1) is 0 Å². The minimum atomic E-state index is 0.0681. The quantitative estimate of drug-likeness (QED) is 0.435. The Morgan fingerprint density at radius 1 is 1.44 bits per heavy atom. The summed E-state index contributed by atoms with van der Waals surface area (Å²) in [6.45, 7) is 0. The van der Waals surface area contributed by atoms with Gasteiger partial charge in [-0.25, -0.2) is 0 Å². The van der Waals surface area contributed by atoms with Gasteiger partial charge in [-0.3, -0.25) is 0 Å². The molecule has 0 rings (SSSR count). The van der Waals surface area contributed by atoms with E-state index in [0.717, 1.165) is 6.21 Å². The van der Waals surface area contributed by atoms with Crippen molar-refractivity contribution in [1.82, 2.24) is 0 Å². The van der Waals surface area contributed by atoms with Gasteiger partial charge in [0.2, 0.25) is 0 Å². The molecule has 0 aliphatic heterocycles. The highest BCUT2D eigenvalue weighted by Crippen LogP contribution is 1.89. The lowest BCUT2D eigenvalue weighted by molar-refractivity contribution is 1.39. The van der Waals surface area contributed by atoms with Gasteiger partial charge in [-0.05, 0) is 6.21 Å². The number of hydrogen-bond acceptors (Lipinski definition) is 3. The molecule has 1 N–H and O–H groups in total. The molecule has 0 radical (unpaired) electrons. The summed E-state index contributed by atoms with van der Waals surface area (Å²) in [5, 5.41) is 22.8. The van der Waals surface area contributed by atoms with Gasteiger partial charge in [0.05, 0.1) is 0 Å². The van der Waals surface area contributed by atoms with Gasteiger partial charge >= 0.3 is 0 Å². The van der Waals surface area contributed by atoms with Crippen LogP contribution in [0.3, 0.4) is 0 Å². The van der Waals surface area contributed by atoms with Gasteiger partial charge in [-0.1, -0.05) is 6.08 Å². The fourth-order valence-corrected chi connectivity index (χ4v) is 0.293. The van der Waals surface area contributed by atoms with Crippen LogP contribution in [0, 0.1) is 28.1 Å². The van der Waals surface area contributed by atoms with Crippen molar-refractivity contribution in [2.45, 2.75) is 6.42 Å². The number of nitrogens with one attached hydrogen (secondary N) is 1. The summed E-state index contributed by atoms with van der Waals surface area (Å²) in [6, 6.07) is 3.37. The largest absolute Gasteiger partial charge is 0.313 e. The molecular weight excluding hydrogens is 114 g/mol. The van der Waals surface area contributed by atoms with E-state index in [1.165, 1.54) is 6.08 Å². The molecule has 0 aliphatic rings. The fraction of sp³-hybridized carbons (Fsp3) is 0.167. The van der Waals surface area contributed by atoms with E-state index in [-0.39, 0.29) is 5.57 Å². The number of nitriles is 2. The van der Waals surface area contributed by atoms with Crippen molar-refractivity contribution < 1.29 is 0 Å². The molecule has 44 valence electrons. The highest BCUT2D eigenvalue weighted by molar-refractivity contribution is 5.57. The van der Waals surface area contributed by atoms with E-state index in [0.29, 0.717) is 6.42 Å². The molecule has 0 unspecified atom stereocenters. The van der Waals surface area contributed by atoms with Crippen molar-refractivity contribution in [3.05, 3.63) is 11.6 Å². The van der Waals surface area contributed by atoms with Crippen molar-refractivity contribution >= 4 is 6.21 Å². The maximum Gasteiger partial charge on any atom is 0.126 e. The summed E-state index contributed by atoms with van der Waals surface area (Å²) in [5.74, 6) is 0. The first-order chi connectivity index (χ1) is 4.35. The Morgan fingerprint density at radius 2 is 2.00 bits per heavy atom. The molecule has 0 saturated carbocycles. The minimum Gasteiger partial charge on any atom is -0.313 e. The van der Waals surface area contributed by atoms with Gasteiger partial charge in [0.15, 0.2) is 0 Å². The van der Waals surface area contributed by atoms with Gasteiger partial charge < -0.3 is 5.41 Å². The topological polar surface area (TPSA) is 71.4 Å². The number of nitrogens with zero attached hydrogens (tertiary/aromatic N) is 2. The number of rotatable bonds is 2. The van der Waals surface area contributed by atoms with E-state index in [1.807, 2.05) is 0 Å². The zero-order chi connectivity index (χ0) is 7.11. The Bertz CT molecular complexity index is 185. The van der Waals surface area contributed by atoms with Gasteiger partial charge in [-0.2, -0.15) is 10.5 Å². The van der Waals surface area contributed by atoms with Crippen molar-refractivity contribution in [3.8, 4) is 12.1 Å². The Morgan fingerprint density at radius 3 is 2.33 bits per heavy atom. The SMILES string of the molecule is N#CC(C#N)=CCC=N. The third kappa shape index (κ3) is 3.02. The Hall–Kier alpha value is -1.61. The molecule has 0 atom stereocenters. The third-order valence-corrected chi connectivity index (χ3v) is 0.681. The van der Waals surface area contributed by atoms with Crippen LogP contribution in [0.15, 0.2) is 11.6 Å². The zero-order valence-electron chi connectivity index (χ0n) is 4.76. The lowest BCUT2D eigenvalue weighted by Crippen LogP contribution is -1.72. The predicted molar refractivity (Wildman–Crippen MR) is 32.7 cm³/mol. The first kappa shape index (κ1) is 7.39. The second kappa shape index (κ2) is 4.55. The van der Waals surface area contributed by atoms with Crippen molar-refractivity contribution in [2.75, 3.05) is 0 Å². The van der Waals surface area contributed by atoms with Crippen LogP contribution in [0.1, 0.15) is 6.42 Å². The second-order valence-electron chi connectivity index (χ2n) is 1.28. The van der Waals surface area contributed by atoms with E-state index in [1.54, 1.807) is 12.1 Å². The van der Waals surface area contributed by atoms with Crippen LogP contribution in [-0.2, 0) is 0 Å². The zero-order valence-corrected chi connectivity index (χ0v) is 4.76. The molecule has 0 aromatic rings. The molecule has 0 aromatic heterocycles. The third-order valence-electron chi connectivity index (χ3n) is 0.681. The van der Waals surface area contributed by atoms with Gasteiger partial charge in [0, 0.05) is 6.42 Å². The molecule has 0 saturated heterocycles. The van der Waals surface area contributed by atoms with Crippen LogP contribution < -0.4 is 0 Å². The number of hydrogen-bond donors (Lipinski definition) is 1. The molecule has 0 aromatic carbocycles. The lowest BCUT2D eigenvalue weighted by Gasteiger charge is -1.75. The number of allylic oxidation sites excluding steroid dienone is 2. The Balaban J connectivity index is 4.00. The molecule has 0 amide bonds. The summed E-state index contributed by atoms with van der Waals surface area (Å²) in [4.78, 5) is 0. The molecule has 0 fully saturated rings. The molecule has 0 spiro atoms. The van der Waals surface area contributed by atoms with E-state index < -0.39 is 0 Å². The van der Waals surface area contributed by atoms with E-state index in [4.69, 9.17) is 15.9 Å². The average molecular weight is 119 g/mol. The molecule has 3 heteroatoms. The monoisotopic (exact) mass is 119 g/mol. The summed E-state index contributed by atoms with van der Waals surface area (Å²) < 4.78 is 0. The summed E-state index contributed by atoms with van der Waals surface area (Å²) in [5.41, 5.74) is 0.0681. The molecular formula is C6H5N3. The smallest absolute Gasteiger partial charge is 0.126 e. The van der Waals surface area contributed by atoms with Crippen LogP contribution in [0.5, 0.6) is 0 Å². The minimum absolute atomic E-state index is 0.0681. The predicted octanol–water partition coefficient (Wildman–Crippen LogP) is 1.000. The van der Waals surface area contributed by atoms with Crippen LogP contribution in [0.4, 0.5) is 0 Å². The average Bonchev–Trinajstić information content (AvgIpc) is 1.91. The van der Waals surface area contributed by atoms with Crippen molar-refractivity contribution in [1.29, 1.82) is 15.9 Å². The molecule has 0 bridgehead atoms. The van der Waals surface area contributed by atoms with Crippen LogP contribution in [0.25, 0.3) is 0 Å². The van der Waals surface area contributed by atoms with E-state index in [9.17, 15) is 0 Å². The van der Waals surface area contributed by atoms with Crippen molar-refractivity contribution in [3.63, 3.8) is 0 Å². The lowest BCUT2D eigenvalue weighted by atomic mass is 10.3. The fourth-order valence-electron chi connectivity index (χ4n) is 0.293. The standard InChI is InChI=1S/C6H5N3/c7-3-1-2-6(4-8)5-9/h2-3,7H,1H2. The summed E-state index contributed by atoms with van der Waals surface area (Å²) in [6.07, 6.45) is 2.90. The van der Waals surface area contributed by atoms with E-state index in [2.05, 4.69) is 0 Å². The molecule has 0 aliphatic carbocycles. The first-order valence-corrected chi connectivity index (χ1v) is 2.34. The second-order valence-corrected chi connectivity index (χ2v) is 1.28. The van der Waals surface area contributed by atoms with Gasteiger partial charge in [0.1, 0.15) is 17.7 Å². The maximum atomic E-state index is 8.14.